The Morgan fingerprint density at radius 2 is 1.70 bits per heavy atom. The molecular weight excluding hydrogens is 368 g/mol. The van der Waals surface area contributed by atoms with E-state index in [-0.39, 0.29) is 5.91 Å². The molecule has 0 saturated carbocycles. The molecule has 0 bridgehead atoms. The second-order valence-corrected chi connectivity index (χ2v) is 7.30. The van der Waals surface area contributed by atoms with Gasteiger partial charge in [0.15, 0.2) is 0 Å². The van der Waals surface area contributed by atoms with E-state index in [4.69, 9.17) is 16.3 Å². The molecule has 0 saturated heterocycles. The molecule has 0 aliphatic carbocycles. The molecule has 27 heavy (non-hydrogen) atoms. The molecule has 0 aliphatic rings. The lowest BCUT2D eigenvalue weighted by Gasteiger charge is -2.19. The summed E-state index contributed by atoms with van der Waals surface area (Å²) < 4.78 is 6.73. The molecule has 1 aromatic heterocycles. The van der Waals surface area contributed by atoms with E-state index in [1.165, 1.54) is 6.08 Å². The Hall–Kier alpha value is -2.80. The molecule has 7 nitrogen and oxygen atoms in total. The molecule has 0 aliphatic heterocycles. The summed E-state index contributed by atoms with van der Waals surface area (Å²) in [6.07, 6.45) is 2.48. The molecule has 0 spiro atoms. The van der Waals surface area contributed by atoms with Crippen molar-refractivity contribution in [2.75, 3.05) is 10.6 Å². The van der Waals surface area contributed by atoms with Gasteiger partial charge in [-0.15, -0.1) is 0 Å². The van der Waals surface area contributed by atoms with Crippen LogP contribution in [0.5, 0.6) is 0 Å². The third-order valence-corrected chi connectivity index (χ3v) is 3.84. The van der Waals surface area contributed by atoms with Crippen molar-refractivity contribution >= 4 is 41.1 Å². The van der Waals surface area contributed by atoms with Crippen LogP contribution in [-0.2, 0) is 16.6 Å². The highest BCUT2D eigenvalue weighted by Gasteiger charge is 2.16. The van der Waals surface area contributed by atoms with Crippen LogP contribution in [0, 0.1) is 6.92 Å². The van der Waals surface area contributed by atoms with Gasteiger partial charge in [-0.3, -0.25) is 14.8 Å². The van der Waals surface area contributed by atoms with Gasteiger partial charge < -0.3 is 10.1 Å². The lowest BCUT2D eigenvalue weighted by Crippen LogP contribution is -2.27. The van der Waals surface area contributed by atoms with Crippen LogP contribution in [0.3, 0.4) is 0 Å². The largest absolute Gasteiger partial charge is 0.444 e. The minimum Gasteiger partial charge on any atom is -0.444 e. The first-order valence-corrected chi connectivity index (χ1v) is 8.71. The van der Waals surface area contributed by atoms with Gasteiger partial charge in [-0.1, -0.05) is 11.6 Å². The molecule has 1 aromatic carbocycles. The number of ether oxygens (including phenoxy) is 1. The molecule has 1 heterocycles. The van der Waals surface area contributed by atoms with E-state index < -0.39 is 11.7 Å². The van der Waals surface area contributed by atoms with Crippen molar-refractivity contribution in [2.45, 2.75) is 33.3 Å². The maximum Gasteiger partial charge on any atom is 0.412 e. The molecule has 2 amide bonds. The maximum atomic E-state index is 12.1. The molecule has 0 radical (unpaired) electrons. The molecule has 2 aromatic rings. The number of amides is 2. The van der Waals surface area contributed by atoms with Crippen LogP contribution >= 0.6 is 11.6 Å². The second-order valence-electron chi connectivity index (χ2n) is 6.94. The number of anilines is 2. The summed E-state index contributed by atoms with van der Waals surface area (Å²) >= 11 is 6.13. The first kappa shape index (κ1) is 20.5. The summed E-state index contributed by atoms with van der Waals surface area (Å²) in [4.78, 5) is 23.8. The summed E-state index contributed by atoms with van der Waals surface area (Å²) in [5, 5.41) is 10.0. The first-order valence-electron chi connectivity index (χ1n) is 8.33. The zero-order valence-corrected chi connectivity index (χ0v) is 16.7. The quantitative estimate of drug-likeness (QED) is 0.758. The number of nitrogens with zero attached hydrogens (tertiary/aromatic N) is 2. The van der Waals surface area contributed by atoms with Gasteiger partial charge >= 0.3 is 6.09 Å². The van der Waals surface area contributed by atoms with Crippen LogP contribution in [0.2, 0.25) is 5.15 Å². The monoisotopic (exact) mass is 390 g/mol. The number of carbonyl (C=O) groups is 2. The Kier molecular flexibility index (Phi) is 6.28. The number of benzene rings is 1. The number of hydrogen-bond donors (Lipinski definition) is 2. The number of aromatic nitrogens is 2. The van der Waals surface area contributed by atoms with Crippen LogP contribution in [0.15, 0.2) is 30.3 Å². The van der Waals surface area contributed by atoms with Crippen LogP contribution < -0.4 is 10.6 Å². The van der Waals surface area contributed by atoms with E-state index in [2.05, 4.69) is 15.7 Å². The van der Waals surface area contributed by atoms with Gasteiger partial charge in [0.2, 0.25) is 5.91 Å². The summed E-state index contributed by atoms with van der Waals surface area (Å²) in [7, 11) is 1.74. The zero-order valence-electron chi connectivity index (χ0n) is 16.0. The van der Waals surface area contributed by atoms with E-state index >= 15 is 0 Å². The van der Waals surface area contributed by atoms with E-state index in [9.17, 15) is 9.59 Å². The van der Waals surface area contributed by atoms with Crippen LogP contribution in [0.1, 0.15) is 32.0 Å². The topological polar surface area (TPSA) is 85.3 Å². The fourth-order valence-corrected chi connectivity index (χ4v) is 2.47. The zero-order chi connectivity index (χ0) is 20.2. The average molecular weight is 391 g/mol. The minimum absolute atomic E-state index is 0.304. The van der Waals surface area contributed by atoms with Crippen molar-refractivity contribution in [3.63, 3.8) is 0 Å². The Morgan fingerprint density at radius 3 is 2.19 bits per heavy atom. The summed E-state index contributed by atoms with van der Waals surface area (Å²) in [6.45, 7) is 7.19. The van der Waals surface area contributed by atoms with Gasteiger partial charge in [0.1, 0.15) is 10.8 Å². The predicted octanol–water partition coefficient (Wildman–Crippen LogP) is 4.38. The van der Waals surface area contributed by atoms with Crippen LogP contribution in [0.4, 0.5) is 16.2 Å². The lowest BCUT2D eigenvalue weighted by molar-refractivity contribution is -0.111. The second kappa shape index (κ2) is 8.26. The van der Waals surface area contributed by atoms with Crippen molar-refractivity contribution in [2.24, 2.45) is 7.05 Å². The maximum absolute atomic E-state index is 12.1. The normalized spacial score (nSPS) is 11.5. The van der Waals surface area contributed by atoms with Crippen molar-refractivity contribution in [3.05, 3.63) is 46.8 Å². The number of hydrogen-bond acceptors (Lipinski definition) is 4. The Balaban J connectivity index is 1.95. The predicted molar refractivity (Wildman–Crippen MR) is 107 cm³/mol. The lowest BCUT2D eigenvalue weighted by atomic mass is 10.2. The van der Waals surface area contributed by atoms with Gasteiger partial charge in [-0.25, -0.2) is 4.79 Å². The first-order chi connectivity index (χ1) is 12.5. The van der Waals surface area contributed by atoms with Crippen molar-refractivity contribution in [1.29, 1.82) is 0 Å². The van der Waals surface area contributed by atoms with Crippen LogP contribution in [0.25, 0.3) is 6.08 Å². The highest BCUT2D eigenvalue weighted by Crippen LogP contribution is 2.20. The number of halogens is 1. The number of nitrogens with one attached hydrogen (secondary N) is 2. The Bertz CT molecular complexity index is 864. The molecule has 2 rings (SSSR count). The molecule has 0 atom stereocenters. The fourth-order valence-electron chi connectivity index (χ4n) is 2.24. The fraction of sp³-hybridized carbons (Fsp3) is 0.316. The summed E-state index contributed by atoms with van der Waals surface area (Å²) in [5.41, 5.74) is 2.03. The van der Waals surface area contributed by atoms with Crippen molar-refractivity contribution in [3.8, 4) is 0 Å². The third kappa shape index (κ3) is 6.14. The summed E-state index contributed by atoms with van der Waals surface area (Å²) in [6, 6.07) is 6.71. The average Bonchev–Trinajstić information content (AvgIpc) is 2.78. The highest BCUT2D eigenvalue weighted by atomic mass is 35.5. The molecule has 8 heteroatoms. The van der Waals surface area contributed by atoms with Gasteiger partial charge in [-0.05, 0) is 58.0 Å². The molecule has 0 unspecified atom stereocenters. The number of aryl methyl sites for hydroxylation is 2. The molecule has 0 fully saturated rings. The van der Waals surface area contributed by atoms with Crippen LogP contribution in [-0.4, -0.2) is 27.4 Å². The number of rotatable bonds is 4. The Labute approximate surface area is 163 Å². The van der Waals surface area contributed by atoms with E-state index in [1.54, 1.807) is 62.8 Å². The Morgan fingerprint density at radius 1 is 1.15 bits per heavy atom. The van der Waals surface area contributed by atoms with Gasteiger partial charge in [-0.2, -0.15) is 5.10 Å². The van der Waals surface area contributed by atoms with Gasteiger partial charge in [0.05, 0.1) is 5.69 Å². The van der Waals surface area contributed by atoms with Gasteiger partial charge in [0.25, 0.3) is 0 Å². The highest BCUT2D eigenvalue weighted by molar-refractivity contribution is 6.31. The van der Waals surface area contributed by atoms with E-state index in [0.717, 1.165) is 5.69 Å². The van der Waals surface area contributed by atoms with Gasteiger partial charge in [0, 0.05) is 30.1 Å². The molecule has 144 valence electrons. The molecule has 2 N–H and O–H groups in total. The summed E-state index contributed by atoms with van der Waals surface area (Å²) in [5.74, 6) is -0.304. The SMILES string of the molecule is Cc1nn(C)c(Cl)c1/C=C/C(=O)Nc1ccc(NC(=O)OC(C)(C)C)cc1. The number of carbonyl (C=O) groups excluding carboxylic acids is 2. The van der Waals surface area contributed by atoms with Crippen molar-refractivity contribution < 1.29 is 14.3 Å². The standard InChI is InChI=1S/C19H23ClN4O3/c1-12-15(17(20)24(5)23-12)10-11-16(25)21-13-6-8-14(9-7-13)22-18(26)27-19(2,3)4/h6-11H,1-5H3,(H,21,25)(H,22,26)/b11-10+. The van der Waals surface area contributed by atoms with E-state index in [1.807, 2.05) is 6.92 Å². The smallest absolute Gasteiger partial charge is 0.412 e. The minimum atomic E-state index is -0.570. The van der Waals surface area contributed by atoms with E-state index in [0.29, 0.717) is 22.1 Å². The molecular formula is C19H23ClN4O3. The van der Waals surface area contributed by atoms with Crippen molar-refractivity contribution in [1.82, 2.24) is 9.78 Å². The third-order valence-electron chi connectivity index (χ3n) is 3.40.